The third-order valence-corrected chi connectivity index (χ3v) is 4.68. The summed E-state index contributed by atoms with van der Waals surface area (Å²) >= 11 is 0. The second-order valence-electron chi connectivity index (χ2n) is 6.40. The third kappa shape index (κ3) is 3.09. The van der Waals surface area contributed by atoms with Crippen LogP contribution >= 0.6 is 0 Å². The van der Waals surface area contributed by atoms with E-state index in [0.717, 1.165) is 29.8 Å². The average molecular weight is 316 g/mol. The van der Waals surface area contributed by atoms with Gasteiger partial charge in [-0.15, -0.1) is 0 Å². The number of carbonyl (C=O) groups excluding carboxylic acids is 1. The van der Waals surface area contributed by atoms with E-state index in [1.54, 1.807) is 12.0 Å². The number of para-hydroxylation sites is 1. The van der Waals surface area contributed by atoms with E-state index in [4.69, 9.17) is 4.74 Å². The van der Waals surface area contributed by atoms with Gasteiger partial charge in [-0.3, -0.25) is 9.69 Å². The van der Waals surface area contributed by atoms with Gasteiger partial charge in [0.15, 0.2) is 0 Å². The Morgan fingerprint density at radius 1 is 1.52 bits per heavy atom. The van der Waals surface area contributed by atoms with Crippen LogP contribution in [0, 0.1) is 6.92 Å². The second-order valence-corrected chi connectivity index (χ2v) is 6.40. The minimum absolute atomic E-state index is 0.0105. The fourth-order valence-corrected chi connectivity index (χ4v) is 3.35. The number of methoxy groups -OCH3 is 1. The molecule has 124 valence electrons. The number of benzene rings is 1. The Morgan fingerprint density at radius 2 is 2.30 bits per heavy atom. The molecule has 1 aliphatic heterocycles. The second kappa shape index (κ2) is 6.29. The van der Waals surface area contributed by atoms with Crippen LogP contribution in [0.15, 0.2) is 18.2 Å². The normalized spacial score (nSPS) is 21.9. The highest BCUT2D eigenvalue weighted by molar-refractivity contribution is 6.04. The third-order valence-electron chi connectivity index (χ3n) is 4.68. The zero-order valence-corrected chi connectivity index (χ0v) is 14.2. The highest BCUT2D eigenvalue weighted by Gasteiger charge is 2.31. The molecule has 2 atom stereocenters. The van der Waals surface area contributed by atoms with E-state index < -0.39 is 0 Å². The van der Waals surface area contributed by atoms with E-state index in [9.17, 15) is 4.79 Å². The Kier molecular flexibility index (Phi) is 4.37. The average Bonchev–Trinajstić information content (AvgIpc) is 3.08. The van der Waals surface area contributed by atoms with E-state index in [1.165, 1.54) is 0 Å². The number of carbonyl (C=O) groups is 1. The van der Waals surface area contributed by atoms with Crippen molar-refractivity contribution in [2.75, 3.05) is 34.3 Å². The van der Waals surface area contributed by atoms with Gasteiger partial charge in [-0.05, 0) is 32.5 Å². The zero-order valence-electron chi connectivity index (χ0n) is 14.2. The minimum Gasteiger partial charge on any atom is -0.380 e. The van der Waals surface area contributed by atoms with Crippen LogP contribution < -0.4 is 0 Å². The number of likely N-dealkylation sites (tertiary alicyclic amines) is 1. The predicted molar refractivity (Wildman–Crippen MR) is 89.6 cm³/mol. The van der Waals surface area contributed by atoms with E-state index in [-0.39, 0.29) is 12.0 Å². The maximum atomic E-state index is 12.8. The lowest BCUT2D eigenvalue weighted by Crippen LogP contribution is -2.39. The van der Waals surface area contributed by atoms with E-state index in [0.29, 0.717) is 18.2 Å². The summed E-state index contributed by atoms with van der Waals surface area (Å²) in [5.74, 6) is 0.831. The molecule has 2 aromatic rings. The number of likely N-dealkylation sites (N-methyl/N-ethyl adjacent to an activating group) is 2. The van der Waals surface area contributed by atoms with Crippen molar-refractivity contribution in [3.8, 4) is 0 Å². The van der Waals surface area contributed by atoms with Crippen LogP contribution in [0.3, 0.4) is 0 Å². The first-order valence-electron chi connectivity index (χ1n) is 7.93. The number of H-pyrrole nitrogens is 1. The fraction of sp³-hybridized carbons (Fsp3) is 0.529. The van der Waals surface area contributed by atoms with Crippen LogP contribution in [0.4, 0.5) is 0 Å². The van der Waals surface area contributed by atoms with Crippen molar-refractivity contribution >= 4 is 16.9 Å². The van der Waals surface area contributed by atoms with Gasteiger partial charge in [0.25, 0.3) is 5.91 Å². The van der Waals surface area contributed by atoms with Crippen molar-refractivity contribution < 1.29 is 9.53 Å². The molecule has 2 heterocycles. The number of ether oxygens (including phenoxy) is 1. The molecule has 0 bridgehead atoms. The molecule has 6 nitrogen and oxygen atoms in total. The van der Waals surface area contributed by atoms with Gasteiger partial charge in [-0.25, -0.2) is 4.98 Å². The number of aromatic amines is 1. The molecule has 1 aliphatic rings. The Bertz CT molecular complexity index is 712. The number of aromatic nitrogens is 2. The maximum absolute atomic E-state index is 12.8. The molecule has 1 aromatic carbocycles. The van der Waals surface area contributed by atoms with Crippen LogP contribution in [-0.4, -0.2) is 72.1 Å². The van der Waals surface area contributed by atoms with Gasteiger partial charge in [0, 0.05) is 33.3 Å². The fourth-order valence-electron chi connectivity index (χ4n) is 3.35. The van der Waals surface area contributed by atoms with Crippen molar-refractivity contribution in [3.63, 3.8) is 0 Å². The van der Waals surface area contributed by atoms with Gasteiger partial charge >= 0.3 is 0 Å². The van der Waals surface area contributed by atoms with Crippen LogP contribution in [0.1, 0.15) is 22.6 Å². The van der Waals surface area contributed by atoms with Crippen molar-refractivity contribution in [2.45, 2.75) is 25.5 Å². The molecule has 1 aromatic heterocycles. The van der Waals surface area contributed by atoms with Gasteiger partial charge in [-0.1, -0.05) is 6.07 Å². The van der Waals surface area contributed by atoms with Gasteiger partial charge < -0.3 is 14.6 Å². The molecule has 23 heavy (non-hydrogen) atoms. The lowest BCUT2D eigenvalue weighted by atomic mass is 10.1. The molecular weight excluding hydrogens is 292 g/mol. The first-order chi connectivity index (χ1) is 11.0. The molecule has 0 unspecified atom stereocenters. The quantitative estimate of drug-likeness (QED) is 0.932. The molecule has 1 saturated heterocycles. The summed E-state index contributed by atoms with van der Waals surface area (Å²) < 4.78 is 5.44. The molecular formula is C17H24N4O2. The first kappa shape index (κ1) is 16.0. The van der Waals surface area contributed by atoms with Crippen molar-refractivity contribution in [3.05, 3.63) is 29.6 Å². The zero-order chi connectivity index (χ0) is 16.6. The molecule has 3 rings (SSSR count). The van der Waals surface area contributed by atoms with Crippen molar-refractivity contribution in [2.24, 2.45) is 0 Å². The summed E-state index contributed by atoms with van der Waals surface area (Å²) in [4.78, 5) is 24.5. The largest absolute Gasteiger partial charge is 0.380 e. The number of hydrogen-bond acceptors (Lipinski definition) is 4. The molecule has 1 fully saturated rings. The minimum atomic E-state index is 0.0105. The Hall–Kier alpha value is -1.92. The number of imidazole rings is 1. The summed E-state index contributed by atoms with van der Waals surface area (Å²) in [6.07, 6.45) is 1.21. The number of aryl methyl sites for hydroxylation is 1. The summed E-state index contributed by atoms with van der Waals surface area (Å²) in [5, 5.41) is 0. The van der Waals surface area contributed by atoms with Crippen LogP contribution in [0.25, 0.3) is 11.0 Å². The summed E-state index contributed by atoms with van der Waals surface area (Å²) in [6, 6.07) is 6.01. The number of rotatable bonds is 4. The number of amides is 1. The number of nitrogens with one attached hydrogen (secondary N) is 1. The molecule has 6 heteroatoms. The molecule has 1 N–H and O–H groups in total. The molecule has 1 amide bonds. The van der Waals surface area contributed by atoms with Gasteiger partial charge in [0.2, 0.25) is 0 Å². The van der Waals surface area contributed by atoms with Crippen LogP contribution in [0.2, 0.25) is 0 Å². The standard InChI is InChI=1S/C17H24N4O2/c1-11-18-15-7-5-6-14(16(15)19-11)17(22)21(3)9-12-8-13(23-4)10-20(12)2/h5-7,12-13H,8-10H2,1-4H3,(H,18,19)/t12-,13-/m0/s1. The highest BCUT2D eigenvalue weighted by atomic mass is 16.5. The van der Waals surface area contributed by atoms with Gasteiger partial charge in [0.1, 0.15) is 11.3 Å². The smallest absolute Gasteiger partial charge is 0.255 e. The Balaban J connectivity index is 1.76. The van der Waals surface area contributed by atoms with E-state index >= 15 is 0 Å². The number of nitrogens with zero attached hydrogens (tertiary/aromatic N) is 3. The topological polar surface area (TPSA) is 61.5 Å². The molecule has 0 radical (unpaired) electrons. The summed E-state index contributed by atoms with van der Waals surface area (Å²) in [5.41, 5.74) is 2.30. The van der Waals surface area contributed by atoms with Crippen molar-refractivity contribution in [1.29, 1.82) is 0 Å². The number of fused-ring (bicyclic) bond motifs is 1. The maximum Gasteiger partial charge on any atom is 0.255 e. The van der Waals surface area contributed by atoms with E-state index in [1.807, 2.05) is 32.2 Å². The summed E-state index contributed by atoms with van der Waals surface area (Å²) in [6.45, 7) is 3.50. The summed E-state index contributed by atoms with van der Waals surface area (Å²) in [7, 11) is 5.69. The van der Waals surface area contributed by atoms with Gasteiger partial charge in [0.05, 0.1) is 17.2 Å². The SMILES string of the molecule is CO[C@H]1C[C@@H](CN(C)C(=O)c2cccc3[nH]c(C)nc23)N(C)C1. The van der Waals surface area contributed by atoms with Crippen LogP contribution in [-0.2, 0) is 4.74 Å². The van der Waals surface area contributed by atoms with Crippen LogP contribution in [0.5, 0.6) is 0 Å². The first-order valence-corrected chi connectivity index (χ1v) is 7.93. The Labute approximate surface area is 136 Å². The molecule has 0 aliphatic carbocycles. The van der Waals surface area contributed by atoms with E-state index in [2.05, 4.69) is 21.9 Å². The number of hydrogen-bond donors (Lipinski definition) is 1. The highest BCUT2D eigenvalue weighted by Crippen LogP contribution is 2.21. The predicted octanol–water partition coefficient (Wildman–Crippen LogP) is 1.66. The molecule has 0 spiro atoms. The van der Waals surface area contributed by atoms with Crippen molar-refractivity contribution in [1.82, 2.24) is 19.8 Å². The van der Waals surface area contributed by atoms with Gasteiger partial charge in [-0.2, -0.15) is 0 Å². The monoisotopic (exact) mass is 316 g/mol. The lowest BCUT2D eigenvalue weighted by molar-refractivity contribution is 0.0762. The molecule has 0 saturated carbocycles. The Morgan fingerprint density at radius 3 is 3.00 bits per heavy atom. The lowest BCUT2D eigenvalue weighted by Gasteiger charge is -2.25.